The molecule has 0 N–H and O–H groups in total. The molecule has 0 aliphatic carbocycles. The molecule has 11 heteroatoms. The van der Waals surface area contributed by atoms with Crippen molar-refractivity contribution in [2.24, 2.45) is 10.8 Å². The summed E-state index contributed by atoms with van der Waals surface area (Å²) in [6.45, 7) is 10.0. The zero-order valence-electron chi connectivity index (χ0n) is 25.2. The van der Waals surface area contributed by atoms with Gasteiger partial charge in [0.25, 0.3) is 5.91 Å². The van der Waals surface area contributed by atoms with E-state index < -0.39 is 53.3 Å². The Kier molecular flexibility index (Phi) is 10.3. The van der Waals surface area contributed by atoms with E-state index in [1.165, 1.54) is 26.0 Å². The summed E-state index contributed by atoms with van der Waals surface area (Å²) in [7, 11) is 2.99. The topological polar surface area (TPSA) is 118 Å². The minimum atomic E-state index is -1.36. The van der Waals surface area contributed by atoms with Crippen LogP contribution in [-0.4, -0.2) is 57.3 Å². The summed E-state index contributed by atoms with van der Waals surface area (Å²) in [5, 5.41) is 0.393. The van der Waals surface area contributed by atoms with E-state index in [0.717, 1.165) is 0 Å². The van der Waals surface area contributed by atoms with Gasteiger partial charge in [-0.15, -0.1) is 0 Å². The van der Waals surface area contributed by atoms with E-state index in [4.69, 9.17) is 35.3 Å². The molecule has 0 spiro atoms. The second-order valence-corrected chi connectivity index (χ2v) is 12.3. The molecule has 42 heavy (non-hydrogen) atoms. The molecule has 2 atom stereocenters. The summed E-state index contributed by atoms with van der Waals surface area (Å²) in [5.74, 6) is -1.82. The van der Waals surface area contributed by atoms with Gasteiger partial charge in [0, 0.05) is 40.7 Å². The maximum Gasteiger partial charge on any atom is 0.318 e. The third-order valence-electron chi connectivity index (χ3n) is 6.54. The molecule has 0 bridgehead atoms. The number of carbonyl (C=O) groups is 4. The van der Waals surface area contributed by atoms with Crippen LogP contribution in [0.2, 0.25) is 5.02 Å². The molecule has 228 valence electrons. The van der Waals surface area contributed by atoms with Gasteiger partial charge in [0.2, 0.25) is 0 Å². The summed E-state index contributed by atoms with van der Waals surface area (Å²) in [6.07, 6.45) is -2.83. The normalized spacial score (nSPS) is 17.2. The van der Waals surface area contributed by atoms with E-state index in [1.807, 2.05) is 13.8 Å². The van der Waals surface area contributed by atoms with Crippen molar-refractivity contribution in [2.45, 2.75) is 60.2 Å². The maximum atomic E-state index is 14.2. The summed E-state index contributed by atoms with van der Waals surface area (Å²) < 4.78 is 27.9. The number of methoxy groups -OCH3 is 2. The highest BCUT2D eigenvalue weighted by Gasteiger charge is 2.41. The van der Waals surface area contributed by atoms with Gasteiger partial charge in [-0.25, -0.2) is 0 Å². The van der Waals surface area contributed by atoms with E-state index in [9.17, 15) is 19.2 Å². The lowest BCUT2D eigenvalue weighted by molar-refractivity contribution is -0.168. The van der Waals surface area contributed by atoms with Crippen molar-refractivity contribution in [3.05, 3.63) is 52.5 Å². The highest BCUT2D eigenvalue weighted by molar-refractivity contribution is 6.30. The Balaban J connectivity index is 2.17. The number of benzene rings is 2. The molecule has 0 fully saturated rings. The first-order valence-corrected chi connectivity index (χ1v) is 13.8. The van der Waals surface area contributed by atoms with Gasteiger partial charge in [-0.1, -0.05) is 37.6 Å². The number of carbonyl (C=O) groups excluding carboxylic acids is 4. The third kappa shape index (κ3) is 7.80. The van der Waals surface area contributed by atoms with E-state index in [-0.39, 0.29) is 13.2 Å². The summed E-state index contributed by atoms with van der Waals surface area (Å²) >= 11 is 6.45. The van der Waals surface area contributed by atoms with Crippen molar-refractivity contribution in [1.29, 1.82) is 0 Å². The van der Waals surface area contributed by atoms with E-state index >= 15 is 0 Å². The lowest BCUT2D eigenvalue weighted by Crippen LogP contribution is -2.46. The van der Waals surface area contributed by atoms with Gasteiger partial charge >= 0.3 is 17.9 Å². The summed E-state index contributed by atoms with van der Waals surface area (Å²) in [5.41, 5.74) is -0.0818. The highest BCUT2D eigenvalue weighted by atomic mass is 35.5. The fourth-order valence-electron chi connectivity index (χ4n) is 4.45. The Morgan fingerprint density at radius 1 is 1.00 bits per heavy atom. The van der Waals surface area contributed by atoms with Crippen LogP contribution < -0.4 is 14.4 Å². The van der Waals surface area contributed by atoms with Crippen molar-refractivity contribution < 1.29 is 42.9 Å². The van der Waals surface area contributed by atoms with Gasteiger partial charge in [0.1, 0.15) is 12.2 Å². The first kappa shape index (κ1) is 32.9. The van der Waals surface area contributed by atoms with Crippen LogP contribution in [0.25, 0.3) is 0 Å². The molecule has 2 aromatic rings. The molecule has 0 saturated carbocycles. The first-order chi connectivity index (χ1) is 19.6. The number of hydrogen-bond donors (Lipinski definition) is 0. The summed E-state index contributed by atoms with van der Waals surface area (Å²) in [6, 6.07) is 10.3. The average molecular weight is 604 g/mol. The van der Waals surface area contributed by atoms with Crippen LogP contribution >= 0.6 is 11.6 Å². The smallest absolute Gasteiger partial charge is 0.318 e. The van der Waals surface area contributed by atoms with Crippen molar-refractivity contribution >= 4 is 41.1 Å². The molecule has 1 amide bonds. The van der Waals surface area contributed by atoms with Gasteiger partial charge in [0.05, 0.1) is 32.7 Å². The van der Waals surface area contributed by atoms with Crippen molar-refractivity contribution in [3.8, 4) is 11.5 Å². The molecule has 0 saturated heterocycles. The predicted octanol–water partition coefficient (Wildman–Crippen LogP) is 5.27. The molecule has 1 aliphatic rings. The van der Waals surface area contributed by atoms with Crippen LogP contribution in [0.15, 0.2) is 36.4 Å². The Labute approximate surface area is 251 Å². The fraction of sp³-hybridized carbons (Fsp3) is 0.484. The molecule has 1 aliphatic heterocycles. The molecule has 0 aromatic heterocycles. The second-order valence-electron chi connectivity index (χ2n) is 11.9. The molecule has 3 rings (SSSR count). The van der Waals surface area contributed by atoms with Gasteiger partial charge in [-0.3, -0.25) is 19.2 Å². The van der Waals surface area contributed by atoms with Gasteiger partial charge in [-0.2, -0.15) is 0 Å². The second kappa shape index (κ2) is 13.1. The number of amides is 1. The monoisotopic (exact) mass is 603 g/mol. The van der Waals surface area contributed by atoms with E-state index in [0.29, 0.717) is 33.3 Å². The van der Waals surface area contributed by atoms with E-state index in [1.54, 1.807) is 57.2 Å². The molecular formula is C31H38ClNO9. The number of fused-ring (bicyclic) bond motifs is 1. The Morgan fingerprint density at radius 2 is 1.69 bits per heavy atom. The van der Waals surface area contributed by atoms with Gasteiger partial charge in [0.15, 0.2) is 11.5 Å². The quantitative estimate of drug-likeness (QED) is 0.279. The van der Waals surface area contributed by atoms with Crippen molar-refractivity contribution in [2.75, 3.05) is 32.3 Å². The Hall–Kier alpha value is -3.63. The number of ether oxygens (including phenoxy) is 5. The zero-order chi connectivity index (χ0) is 31.4. The molecule has 2 aromatic carbocycles. The average Bonchev–Trinajstić information content (AvgIpc) is 3.01. The first-order valence-electron chi connectivity index (χ1n) is 13.4. The number of halogens is 1. The Bertz CT molecular complexity index is 1350. The number of esters is 3. The highest BCUT2D eigenvalue weighted by Crippen LogP contribution is 2.45. The fourth-order valence-corrected chi connectivity index (χ4v) is 4.63. The van der Waals surface area contributed by atoms with Crippen LogP contribution in [0.3, 0.4) is 0 Å². The number of para-hydroxylation sites is 1. The van der Waals surface area contributed by atoms with Crippen molar-refractivity contribution in [3.63, 3.8) is 0 Å². The number of rotatable bonds is 9. The minimum Gasteiger partial charge on any atom is -0.493 e. The SMILES string of the molecule is COc1cccc([C@H]2O[C@H](CC(=O)OC(=O)C(C)(C)C)C(=O)N(CC(C)(C)COC(C)=O)c3ccc(Cl)cc32)c1OC. The van der Waals surface area contributed by atoms with Crippen LogP contribution in [0, 0.1) is 10.8 Å². The minimum absolute atomic E-state index is 0.0375. The lowest BCUT2D eigenvalue weighted by Gasteiger charge is -2.33. The van der Waals surface area contributed by atoms with Crippen LogP contribution in [0.4, 0.5) is 5.69 Å². The molecule has 1 heterocycles. The number of nitrogens with zero attached hydrogens (tertiary/aromatic N) is 1. The maximum absolute atomic E-state index is 14.2. The molecule has 0 unspecified atom stereocenters. The van der Waals surface area contributed by atoms with Crippen LogP contribution in [-0.2, 0) is 33.4 Å². The van der Waals surface area contributed by atoms with Crippen LogP contribution in [0.5, 0.6) is 11.5 Å². The van der Waals surface area contributed by atoms with Gasteiger partial charge in [-0.05, 0) is 45.0 Å². The molecular weight excluding hydrogens is 566 g/mol. The molecule has 0 radical (unpaired) electrons. The van der Waals surface area contributed by atoms with Crippen molar-refractivity contribution in [1.82, 2.24) is 0 Å². The van der Waals surface area contributed by atoms with Crippen LogP contribution in [0.1, 0.15) is 65.2 Å². The Morgan fingerprint density at radius 3 is 2.29 bits per heavy atom. The molecule has 10 nitrogen and oxygen atoms in total. The third-order valence-corrected chi connectivity index (χ3v) is 6.78. The lowest BCUT2D eigenvalue weighted by atomic mass is 9.92. The number of hydrogen-bond acceptors (Lipinski definition) is 9. The largest absolute Gasteiger partial charge is 0.493 e. The van der Waals surface area contributed by atoms with E-state index in [2.05, 4.69) is 0 Å². The standard InChI is InChI=1S/C31H38ClNO9/c1-18(34)40-17-31(5,6)16-33-22-13-12-19(32)14-21(22)26(20-10-9-11-23(38-7)27(20)39-8)41-24(28(33)36)15-25(35)42-29(37)30(2,3)4/h9-14,24,26H,15-17H2,1-8H3/t24-,26-/m1/s1. The summed E-state index contributed by atoms with van der Waals surface area (Å²) in [4.78, 5) is 52.6. The van der Waals surface area contributed by atoms with Gasteiger partial charge < -0.3 is 28.6 Å². The zero-order valence-corrected chi connectivity index (χ0v) is 26.0. The predicted molar refractivity (Wildman–Crippen MR) is 156 cm³/mol. The number of anilines is 1.